The highest BCUT2D eigenvalue weighted by Crippen LogP contribution is 2.18. The number of aromatic amines is 1. The van der Waals surface area contributed by atoms with Crippen LogP contribution < -0.4 is 4.74 Å². The van der Waals surface area contributed by atoms with Crippen molar-refractivity contribution in [1.82, 2.24) is 20.1 Å². The molecule has 1 amide bonds. The minimum absolute atomic E-state index is 0.181. The highest BCUT2D eigenvalue weighted by molar-refractivity contribution is 5.76. The normalized spacial score (nSPS) is 15.7. The molecular weight excluding hydrogens is 280 g/mol. The first-order valence-corrected chi connectivity index (χ1v) is 7.63. The Balaban J connectivity index is 1.42. The van der Waals surface area contributed by atoms with Gasteiger partial charge < -0.3 is 9.64 Å². The molecule has 3 rings (SSSR count). The summed E-state index contributed by atoms with van der Waals surface area (Å²) in [7, 11) is 0. The molecule has 2 aromatic heterocycles. The number of piperidine rings is 1. The fraction of sp³-hybridized carbons (Fsp3) is 0.438. The van der Waals surface area contributed by atoms with Crippen LogP contribution in [0.2, 0.25) is 0 Å². The van der Waals surface area contributed by atoms with Gasteiger partial charge in [0.1, 0.15) is 11.9 Å². The first-order chi connectivity index (χ1) is 10.8. The summed E-state index contributed by atoms with van der Waals surface area (Å²) in [6.07, 6.45) is 10.3. The number of pyridine rings is 1. The van der Waals surface area contributed by atoms with Crippen LogP contribution in [0.25, 0.3) is 0 Å². The third-order valence-corrected chi connectivity index (χ3v) is 3.93. The number of aromatic nitrogens is 3. The third-order valence-electron chi connectivity index (χ3n) is 3.93. The number of likely N-dealkylation sites (tertiary alicyclic amines) is 1. The van der Waals surface area contributed by atoms with Crippen LogP contribution in [0.4, 0.5) is 0 Å². The summed E-state index contributed by atoms with van der Waals surface area (Å²) >= 11 is 0. The van der Waals surface area contributed by atoms with Crippen LogP contribution in [0.3, 0.4) is 0 Å². The van der Waals surface area contributed by atoms with Gasteiger partial charge in [-0.05, 0) is 24.1 Å². The Morgan fingerprint density at radius 1 is 1.32 bits per heavy atom. The van der Waals surface area contributed by atoms with E-state index in [0.717, 1.165) is 43.7 Å². The van der Waals surface area contributed by atoms with E-state index in [4.69, 9.17) is 4.74 Å². The predicted octanol–water partition coefficient (Wildman–Crippen LogP) is 1.81. The van der Waals surface area contributed by atoms with Crippen molar-refractivity contribution in [2.75, 3.05) is 13.1 Å². The van der Waals surface area contributed by atoms with Gasteiger partial charge in [0.15, 0.2) is 0 Å². The number of carbonyl (C=O) groups is 1. The molecule has 6 heteroatoms. The second-order valence-electron chi connectivity index (χ2n) is 5.49. The molecule has 0 aromatic carbocycles. The van der Waals surface area contributed by atoms with E-state index >= 15 is 0 Å². The molecule has 0 saturated carbocycles. The molecule has 3 heterocycles. The van der Waals surface area contributed by atoms with E-state index < -0.39 is 0 Å². The molecule has 0 spiro atoms. The van der Waals surface area contributed by atoms with Gasteiger partial charge in [-0.15, -0.1) is 0 Å². The van der Waals surface area contributed by atoms with Crippen LogP contribution >= 0.6 is 0 Å². The maximum Gasteiger partial charge on any atom is 0.222 e. The number of hydrogen-bond acceptors (Lipinski definition) is 4. The number of hydrogen-bond donors (Lipinski definition) is 1. The molecule has 1 aliphatic rings. The Bertz CT molecular complexity index is 577. The molecule has 2 aromatic rings. The molecular formula is C16H20N4O2. The molecule has 0 unspecified atom stereocenters. The smallest absolute Gasteiger partial charge is 0.222 e. The Morgan fingerprint density at radius 2 is 2.09 bits per heavy atom. The number of aryl methyl sites for hydroxylation is 1. The lowest BCUT2D eigenvalue weighted by molar-refractivity contribution is -0.132. The first kappa shape index (κ1) is 14.6. The standard InChI is InChI=1S/C16H20N4O2/c21-16(2-1-13-11-18-19-12-13)20-9-5-15(6-10-20)22-14-3-7-17-8-4-14/h3-4,7-8,11-12,15H,1-2,5-6,9-10H2,(H,18,19). The van der Waals surface area contributed by atoms with Crippen molar-refractivity contribution in [1.29, 1.82) is 0 Å². The van der Waals surface area contributed by atoms with Crippen LogP contribution in [-0.2, 0) is 11.2 Å². The fourth-order valence-corrected chi connectivity index (χ4v) is 2.66. The largest absolute Gasteiger partial charge is 0.490 e. The molecule has 1 aliphatic heterocycles. The lowest BCUT2D eigenvalue weighted by Gasteiger charge is -2.32. The lowest BCUT2D eigenvalue weighted by Crippen LogP contribution is -2.41. The molecule has 0 bridgehead atoms. The highest BCUT2D eigenvalue weighted by Gasteiger charge is 2.23. The maximum atomic E-state index is 12.2. The molecule has 116 valence electrons. The second-order valence-corrected chi connectivity index (χ2v) is 5.49. The molecule has 0 radical (unpaired) electrons. The van der Waals surface area contributed by atoms with Crippen molar-refractivity contribution < 1.29 is 9.53 Å². The van der Waals surface area contributed by atoms with E-state index in [-0.39, 0.29) is 12.0 Å². The second kappa shape index (κ2) is 7.06. The third kappa shape index (κ3) is 3.84. The van der Waals surface area contributed by atoms with Crippen molar-refractivity contribution in [3.8, 4) is 5.75 Å². The van der Waals surface area contributed by atoms with E-state index in [9.17, 15) is 4.79 Å². The van der Waals surface area contributed by atoms with Crippen molar-refractivity contribution >= 4 is 5.91 Å². The predicted molar refractivity (Wildman–Crippen MR) is 81.4 cm³/mol. The number of amides is 1. The summed E-state index contributed by atoms with van der Waals surface area (Å²) < 4.78 is 5.91. The van der Waals surface area contributed by atoms with Gasteiger partial charge in [-0.2, -0.15) is 5.10 Å². The molecule has 0 aliphatic carbocycles. The van der Waals surface area contributed by atoms with E-state index in [0.29, 0.717) is 6.42 Å². The van der Waals surface area contributed by atoms with Gasteiger partial charge in [-0.3, -0.25) is 14.9 Å². The highest BCUT2D eigenvalue weighted by atomic mass is 16.5. The summed E-state index contributed by atoms with van der Waals surface area (Å²) in [6, 6.07) is 3.73. The van der Waals surface area contributed by atoms with Crippen LogP contribution in [-0.4, -0.2) is 45.2 Å². The zero-order valence-corrected chi connectivity index (χ0v) is 12.4. The number of nitrogens with one attached hydrogen (secondary N) is 1. The Hall–Kier alpha value is -2.37. The maximum absolute atomic E-state index is 12.2. The number of rotatable bonds is 5. The van der Waals surface area contributed by atoms with Gasteiger partial charge in [-0.25, -0.2) is 0 Å². The average molecular weight is 300 g/mol. The van der Waals surface area contributed by atoms with E-state index in [1.807, 2.05) is 23.2 Å². The van der Waals surface area contributed by atoms with Crippen LogP contribution in [0, 0.1) is 0 Å². The van der Waals surface area contributed by atoms with Gasteiger partial charge in [-0.1, -0.05) is 0 Å². The Labute approximate surface area is 129 Å². The van der Waals surface area contributed by atoms with E-state index in [1.165, 1.54) is 0 Å². The van der Waals surface area contributed by atoms with Crippen LogP contribution in [0.1, 0.15) is 24.8 Å². The summed E-state index contributed by atoms with van der Waals surface area (Å²) in [4.78, 5) is 18.1. The minimum Gasteiger partial charge on any atom is -0.490 e. The van der Waals surface area contributed by atoms with E-state index in [1.54, 1.807) is 18.6 Å². The zero-order chi connectivity index (χ0) is 15.2. The van der Waals surface area contributed by atoms with Gasteiger partial charge >= 0.3 is 0 Å². The summed E-state index contributed by atoms with van der Waals surface area (Å²) in [5.41, 5.74) is 1.07. The average Bonchev–Trinajstić information content (AvgIpc) is 3.08. The van der Waals surface area contributed by atoms with Gasteiger partial charge in [0, 0.05) is 50.9 Å². The van der Waals surface area contributed by atoms with Crippen molar-refractivity contribution in [3.05, 3.63) is 42.5 Å². The monoisotopic (exact) mass is 300 g/mol. The quantitative estimate of drug-likeness (QED) is 0.914. The zero-order valence-electron chi connectivity index (χ0n) is 12.4. The summed E-state index contributed by atoms with van der Waals surface area (Å²) in [6.45, 7) is 1.53. The topological polar surface area (TPSA) is 71.1 Å². The molecule has 1 N–H and O–H groups in total. The summed E-state index contributed by atoms with van der Waals surface area (Å²) in [5, 5.41) is 6.66. The molecule has 1 fully saturated rings. The van der Waals surface area contributed by atoms with Crippen molar-refractivity contribution in [3.63, 3.8) is 0 Å². The number of ether oxygens (including phenoxy) is 1. The molecule has 22 heavy (non-hydrogen) atoms. The SMILES string of the molecule is O=C(CCc1cn[nH]c1)N1CCC(Oc2ccncc2)CC1. The van der Waals surface area contributed by atoms with Gasteiger partial charge in [0.2, 0.25) is 5.91 Å². The van der Waals surface area contributed by atoms with Gasteiger partial charge in [0.25, 0.3) is 0 Å². The lowest BCUT2D eigenvalue weighted by atomic mass is 10.1. The van der Waals surface area contributed by atoms with Crippen LogP contribution in [0.5, 0.6) is 5.75 Å². The number of carbonyl (C=O) groups excluding carboxylic acids is 1. The Kier molecular flexibility index (Phi) is 4.68. The van der Waals surface area contributed by atoms with E-state index in [2.05, 4.69) is 15.2 Å². The number of H-pyrrole nitrogens is 1. The molecule has 1 saturated heterocycles. The number of nitrogens with zero attached hydrogens (tertiary/aromatic N) is 3. The molecule has 0 atom stereocenters. The van der Waals surface area contributed by atoms with Crippen molar-refractivity contribution in [2.45, 2.75) is 31.8 Å². The minimum atomic E-state index is 0.181. The summed E-state index contributed by atoms with van der Waals surface area (Å²) in [5.74, 6) is 1.06. The van der Waals surface area contributed by atoms with Crippen molar-refractivity contribution in [2.24, 2.45) is 0 Å². The molecule has 6 nitrogen and oxygen atoms in total. The Morgan fingerprint density at radius 3 is 2.77 bits per heavy atom. The van der Waals surface area contributed by atoms with Crippen LogP contribution in [0.15, 0.2) is 36.9 Å². The first-order valence-electron chi connectivity index (χ1n) is 7.63. The van der Waals surface area contributed by atoms with Gasteiger partial charge in [0.05, 0.1) is 6.20 Å². The fourth-order valence-electron chi connectivity index (χ4n) is 2.66.